The van der Waals surface area contributed by atoms with Gasteiger partial charge in [0.05, 0.1) is 28.2 Å². The molecule has 1 fully saturated rings. The zero-order valence-corrected chi connectivity index (χ0v) is 21.1. The number of hydrogen-bond acceptors (Lipinski definition) is 5. The number of benzene rings is 2. The molecular weight excluding hydrogens is 505 g/mol. The van der Waals surface area contributed by atoms with Crippen molar-refractivity contribution in [3.63, 3.8) is 0 Å². The molecule has 0 spiro atoms. The topological polar surface area (TPSA) is 68.0 Å². The Balaban J connectivity index is 1.46. The van der Waals surface area contributed by atoms with Crippen molar-refractivity contribution in [2.45, 2.75) is 6.18 Å². The summed E-state index contributed by atoms with van der Waals surface area (Å²) in [5.74, 6) is 0. The summed E-state index contributed by atoms with van der Waals surface area (Å²) in [6.07, 6.45) is 0.390. The molecule has 0 aliphatic carbocycles. The maximum Gasteiger partial charge on any atom is 0.418 e. The highest BCUT2D eigenvalue weighted by atomic mass is 19.4. The van der Waals surface area contributed by atoms with E-state index in [9.17, 15) is 18.0 Å². The van der Waals surface area contributed by atoms with Crippen LogP contribution in [0.5, 0.6) is 0 Å². The van der Waals surface area contributed by atoms with Gasteiger partial charge in [0.25, 0.3) is 0 Å². The van der Waals surface area contributed by atoms with Crippen LogP contribution < -0.4 is 15.9 Å². The van der Waals surface area contributed by atoms with Gasteiger partial charge < -0.3 is 14.8 Å². The average Bonchev–Trinajstić information content (AvgIpc) is 3.26. The highest BCUT2D eigenvalue weighted by Crippen LogP contribution is 2.38. The number of halogens is 3. The normalized spacial score (nSPS) is 14.2. The van der Waals surface area contributed by atoms with E-state index in [1.54, 1.807) is 36.6 Å². The first-order valence-electron chi connectivity index (χ1n) is 12.6. The van der Waals surface area contributed by atoms with Crippen LogP contribution in [0.2, 0.25) is 0 Å². The van der Waals surface area contributed by atoms with Crippen molar-refractivity contribution in [2.75, 3.05) is 31.1 Å². The number of aromatic nitrogens is 4. The largest absolute Gasteiger partial charge is 0.418 e. The lowest BCUT2D eigenvalue weighted by Crippen LogP contribution is -2.44. The second-order valence-electron chi connectivity index (χ2n) is 9.53. The molecular formula is C29H25F3N6O. The van der Waals surface area contributed by atoms with Crippen molar-refractivity contribution < 1.29 is 13.2 Å². The first kappa shape index (κ1) is 24.9. The number of hydrogen-bond donors (Lipinski definition) is 1. The summed E-state index contributed by atoms with van der Waals surface area (Å²) in [4.78, 5) is 23.9. The van der Waals surface area contributed by atoms with Crippen LogP contribution in [0.25, 0.3) is 39.1 Å². The number of nitrogens with zero attached hydrogens (tertiary/aromatic N) is 5. The number of rotatable bonds is 4. The summed E-state index contributed by atoms with van der Waals surface area (Å²) in [7, 11) is 1.57. The van der Waals surface area contributed by atoms with E-state index >= 15 is 0 Å². The van der Waals surface area contributed by atoms with Crippen molar-refractivity contribution in [1.82, 2.24) is 24.4 Å². The molecule has 5 aromatic rings. The van der Waals surface area contributed by atoms with E-state index in [1.165, 1.54) is 15.2 Å². The number of anilines is 1. The number of piperazine rings is 1. The van der Waals surface area contributed by atoms with Gasteiger partial charge in [-0.3, -0.25) is 14.5 Å². The van der Waals surface area contributed by atoms with Gasteiger partial charge in [0.1, 0.15) is 0 Å². The molecule has 39 heavy (non-hydrogen) atoms. The Kier molecular flexibility index (Phi) is 6.19. The minimum absolute atomic E-state index is 0.113. The van der Waals surface area contributed by atoms with Gasteiger partial charge in [0, 0.05) is 68.5 Å². The number of pyridine rings is 2. The van der Waals surface area contributed by atoms with Gasteiger partial charge in [-0.05, 0) is 48.0 Å². The highest BCUT2D eigenvalue weighted by molar-refractivity contribution is 5.84. The second-order valence-corrected chi connectivity index (χ2v) is 9.53. The second kappa shape index (κ2) is 9.70. The molecule has 0 atom stereocenters. The van der Waals surface area contributed by atoms with Gasteiger partial charge in [-0.1, -0.05) is 18.2 Å². The fourth-order valence-corrected chi connectivity index (χ4v) is 5.04. The summed E-state index contributed by atoms with van der Waals surface area (Å²) in [5, 5.41) is 4.14. The van der Waals surface area contributed by atoms with Crippen molar-refractivity contribution in [2.24, 2.45) is 7.05 Å². The zero-order valence-electron chi connectivity index (χ0n) is 21.1. The van der Waals surface area contributed by atoms with Crippen molar-refractivity contribution in [3.05, 3.63) is 95.3 Å². The molecule has 0 radical (unpaired) electrons. The van der Waals surface area contributed by atoms with Crippen LogP contribution in [0.15, 0.2) is 84.0 Å². The van der Waals surface area contributed by atoms with Gasteiger partial charge in [-0.2, -0.15) is 13.2 Å². The van der Waals surface area contributed by atoms with Crippen LogP contribution in [0.3, 0.4) is 0 Å². The minimum atomic E-state index is -4.59. The van der Waals surface area contributed by atoms with Crippen molar-refractivity contribution >= 4 is 16.6 Å². The lowest BCUT2D eigenvalue weighted by molar-refractivity contribution is -0.137. The van der Waals surface area contributed by atoms with E-state index in [1.807, 2.05) is 42.5 Å². The third-order valence-electron chi connectivity index (χ3n) is 7.00. The molecule has 6 rings (SSSR count). The van der Waals surface area contributed by atoms with Crippen molar-refractivity contribution in [3.8, 4) is 28.2 Å². The third-order valence-corrected chi connectivity index (χ3v) is 7.00. The average molecular weight is 531 g/mol. The minimum Gasteiger partial charge on any atom is -0.368 e. The predicted octanol–water partition coefficient (Wildman–Crippen LogP) is 4.88. The van der Waals surface area contributed by atoms with Crippen LogP contribution >= 0.6 is 0 Å². The summed E-state index contributed by atoms with van der Waals surface area (Å²) < 4.78 is 45.3. The highest BCUT2D eigenvalue weighted by Gasteiger charge is 2.36. The van der Waals surface area contributed by atoms with Crippen LogP contribution in [0.4, 0.5) is 18.9 Å². The van der Waals surface area contributed by atoms with Gasteiger partial charge in [0.2, 0.25) is 0 Å². The standard InChI is InChI=1S/C29H25F3N6O/c1-36-18-27(25-15-19(8-9-34-25)21-14-20-4-2-3-5-24(20)35-17-21)38(28(36)39)22-6-7-26(23(16-22)29(30,31)32)37-12-10-33-11-13-37/h2-9,14-18,33H,10-13H2,1H3. The molecule has 0 saturated carbocycles. The Labute approximate surface area is 222 Å². The summed E-state index contributed by atoms with van der Waals surface area (Å²) in [6.45, 7) is 2.16. The number of para-hydroxylation sites is 1. The smallest absolute Gasteiger partial charge is 0.368 e. The first-order valence-corrected chi connectivity index (χ1v) is 12.6. The van der Waals surface area contributed by atoms with Gasteiger partial charge >= 0.3 is 11.9 Å². The van der Waals surface area contributed by atoms with Crippen LogP contribution in [0, 0.1) is 0 Å². The van der Waals surface area contributed by atoms with E-state index in [0.717, 1.165) is 28.1 Å². The Morgan fingerprint density at radius 3 is 2.51 bits per heavy atom. The Morgan fingerprint density at radius 2 is 1.72 bits per heavy atom. The molecule has 198 valence electrons. The Hall–Kier alpha value is -4.44. The lowest BCUT2D eigenvalue weighted by atomic mass is 10.0. The summed E-state index contributed by atoms with van der Waals surface area (Å²) >= 11 is 0. The van der Waals surface area contributed by atoms with Crippen LogP contribution in [0.1, 0.15) is 5.56 Å². The van der Waals surface area contributed by atoms with E-state index in [-0.39, 0.29) is 11.4 Å². The van der Waals surface area contributed by atoms with E-state index in [4.69, 9.17) is 0 Å². The first-order chi connectivity index (χ1) is 18.8. The zero-order chi connectivity index (χ0) is 27.1. The maximum atomic E-state index is 14.2. The molecule has 1 aliphatic rings. The van der Waals surface area contributed by atoms with Gasteiger partial charge in [0.15, 0.2) is 0 Å². The van der Waals surface area contributed by atoms with E-state index in [0.29, 0.717) is 37.6 Å². The van der Waals surface area contributed by atoms with Crippen molar-refractivity contribution in [1.29, 1.82) is 0 Å². The number of imidazole rings is 1. The molecule has 7 nitrogen and oxygen atoms in total. The molecule has 3 aromatic heterocycles. The molecule has 0 unspecified atom stereocenters. The number of alkyl halides is 3. The van der Waals surface area contributed by atoms with Gasteiger partial charge in [-0.25, -0.2) is 4.79 Å². The molecule has 0 amide bonds. The van der Waals surface area contributed by atoms with Crippen LogP contribution in [-0.2, 0) is 13.2 Å². The molecule has 1 aliphatic heterocycles. The molecule has 1 N–H and O–H groups in total. The maximum absolute atomic E-state index is 14.2. The molecule has 1 saturated heterocycles. The predicted molar refractivity (Wildman–Crippen MR) is 145 cm³/mol. The Morgan fingerprint density at radius 1 is 0.923 bits per heavy atom. The fourth-order valence-electron chi connectivity index (χ4n) is 5.04. The quantitative estimate of drug-likeness (QED) is 0.359. The Bertz CT molecular complexity index is 1730. The lowest BCUT2D eigenvalue weighted by Gasteiger charge is -2.31. The molecule has 4 heterocycles. The molecule has 2 aromatic carbocycles. The third kappa shape index (κ3) is 4.67. The number of nitrogens with one attached hydrogen (secondary N) is 1. The van der Waals surface area contributed by atoms with E-state index < -0.39 is 17.4 Å². The number of fused-ring (bicyclic) bond motifs is 1. The fraction of sp³-hybridized carbons (Fsp3) is 0.207. The van der Waals surface area contributed by atoms with Crippen LogP contribution in [-0.4, -0.2) is 45.3 Å². The SMILES string of the molecule is Cn1cc(-c2cc(-c3cnc4ccccc4c3)ccn2)n(-c2ccc(N3CCNCC3)c(C(F)(F)F)c2)c1=O. The van der Waals surface area contributed by atoms with E-state index in [2.05, 4.69) is 15.3 Å². The number of aryl methyl sites for hydroxylation is 1. The summed E-state index contributed by atoms with van der Waals surface area (Å²) in [6, 6.07) is 17.5. The molecule has 0 bridgehead atoms. The van der Waals surface area contributed by atoms with Gasteiger partial charge in [-0.15, -0.1) is 0 Å². The monoisotopic (exact) mass is 530 g/mol. The summed E-state index contributed by atoms with van der Waals surface area (Å²) in [5.41, 5.74) is 2.41. The molecule has 10 heteroatoms.